The molecule has 3 heteroatoms. The van der Waals surface area contributed by atoms with Crippen LogP contribution in [0, 0.1) is 5.92 Å². The van der Waals surface area contributed by atoms with Crippen LogP contribution in [0.5, 0.6) is 0 Å². The highest BCUT2D eigenvalue weighted by Gasteiger charge is 2.21. The van der Waals surface area contributed by atoms with Crippen LogP contribution in [-0.4, -0.2) is 32.7 Å². The molecule has 1 aromatic carbocycles. The van der Waals surface area contributed by atoms with Gasteiger partial charge in [-0.15, -0.1) is 0 Å². The van der Waals surface area contributed by atoms with E-state index >= 15 is 0 Å². The summed E-state index contributed by atoms with van der Waals surface area (Å²) in [6.45, 7) is 7.90. The zero-order valence-electron chi connectivity index (χ0n) is 10.5. The van der Waals surface area contributed by atoms with Gasteiger partial charge < -0.3 is 15.5 Å². The first-order chi connectivity index (χ1) is 8.34. The first kappa shape index (κ1) is 10.9. The van der Waals surface area contributed by atoms with Crippen LogP contribution in [0.25, 0.3) is 0 Å². The molecule has 3 rings (SSSR count). The highest BCUT2D eigenvalue weighted by atomic mass is 15.2. The van der Waals surface area contributed by atoms with Gasteiger partial charge in [-0.25, -0.2) is 0 Å². The van der Waals surface area contributed by atoms with Crippen molar-refractivity contribution in [2.24, 2.45) is 5.92 Å². The zero-order valence-corrected chi connectivity index (χ0v) is 10.5. The van der Waals surface area contributed by atoms with Crippen molar-refractivity contribution in [1.29, 1.82) is 0 Å². The maximum atomic E-state index is 3.55. The van der Waals surface area contributed by atoms with Crippen LogP contribution in [0.3, 0.4) is 0 Å². The summed E-state index contributed by atoms with van der Waals surface area (Å²) < 4.78 is 0. The molecule has 0 aromatic heterocycles. The summed E-state index contributed by atoms with van der Waals surface area (Å²) in [5.74, 6) is 0.742. The first-order valence-electron chi connectivity index (χ1n) is 6.66. The van der Waals surface area contributed by atoms with Crippen LogP contribution >= 0.6 is 0 Å². The van der Waals surface area contributed by atoms with Crippen molar-refractivity contribution in [1.82, 2.24) is 5.32 Å². The molecule has 0 unspecified atom stereocenters. The maximum absolute atomic E-state index is 3.55. The molecule has 0 aliphatic carbocycles. The highest BCUT2D eigenvalue weighted by Crippen LogP contribution is 2.33. The molecule has 2 heterocycles. The van der Waals surface area contributed by atoms with Crippen molar-refractivity contribution in [3.63, 3.8) is 0 Å². The van der Waals surface area contributed by atoms with Crippen LogP contribution in [0.2, 0.25) is 0 Å². The fourth-order valence-electron chi connectivity index (χ4n) is 2.86. The summed E-state index contributed by atoms with van der Waals surface area (Å²) in [7, 11) is 0. The molecule has 1 aromatic rings. The Hall–Kier alpha value is -1.22. The molecule has 92 valence electrons. The van der Waals surface area contributed by atoms with Gasteiger partial charge in [0.15, 0.2) is 0 Å². The molecule has 1 saturated heterocycles. The van der Waals surface area contributed by atoms with Crippen LogP contribution < -0.4 is 15.5 Å². The van der Waals surface area contributed by atoms with Crippen LogP contribution in [-0.2, 0) is 6.42 Å². The van der Waals surface area contributed by atoms with E-state index in [-0.39, 0.29) is 0 Å². The number of piperazine rings is 1. The molecule has 1 fully saturated rings. The lowest BCUT2D eigenvalue weighted by atomic mass is 9.93. The average Bonchev–Trinajstić information content (AvgIpc) is 2.39. The van der Waals surface area contributed by atoms with Gasteiger partial charge in [0.25, 0.3) is 0 Å². The predicted molar refractivity (Wildman–Crippen MR) is 72.9 cm³/mol. The van der Waals surface area contributed by atoms with Crippen molar-refractivity contribution in [2.45, 2.75) is 13.3 Å². The molecular weight excluding hydrogens is 210 g/mol. The van der Waals surface area contributed by atoms with Gasteiger partial charge in [0.1, 0.15) is 0 Å². The molecule has 0 bridgehead atoms. The smallest absolute Gasteiger partial charge is 0.0420 e. The summed E-state index contributed by atoms with van der Waals surface area (Å²) in [5.41, 5.74) is 4.32. The van der Waals surface area contributed by atoms with Gasteiger partial charge in [-0.05, 0) is 30.0 Å². The first-order valence-corrected chi connectivity index (χ1v) is 6.66. The Bertz CT molecular complexity index is 396. The van der Waals surface area contributed by atoms with E-state index < -0.39 is 0 Å². The van der Waals surface area contributed by atoms with Gasteiger partial charge in [0, 0.05) is 44.1 Å². The molecule has 0 saturated carbocycles. The monoisotopic (exact) mass is 231 g/mol. The zero-order chi connectivity index (χ0) is 11.7. The molecule has 17 heavy (non-hydrogen) atoms. The Labute approximate surface area is 103 Å². The Morgan fingerprint density at radius 3 is 2.88 bits per heavy atom. The van der Waals surface area contributed by atoms with Crippen molar-refractivity contribution in [3.05, 3.63) is 23.8 Å². The van der Waals surface area contributed by atoms with Gasteiger partial charge in [-0.2, -0.15) is 0 Å². The van der Waals surface area contributed by atoms with E-state index in [1.807, 2.05) is 0 Å². The molecule has 3 nitrogen and oxygen atoms in total. The molecule has 2 aliphatic heterocycles. The fraction of sp³-hybridized carbons (Fsp3) is 0.571. The van der Waals surface area contributed by atoms with Crippen molar-refractivity contribution < 1.29 is 0 Å². The number of nitrogens with zero attached hydrogens (tertiary/aromatic N) is 1. The second-order valence-electron chi connectivity index (χ2n) is 5.23. The van der Waals surface area contributed by atoms with E-state index in [1.54, 1.807) is 0 Å². The molecule has 2 aliphatic rings. The van der Waals surface area contributed by atoms with Gasteiger partial charge in [0.05, 0.1) is 0 Å². The lowest BCUT2D eigenvalue weighted by Gasteiger charge is -2.34. The third-order valence-corrected chi connectivity index (χ3v) is 3.80. The molecule has 0 amide bonds. The van der Waals surface area contributed by atoms with Gasteiger partial charge in [-0.3, -0.25) is 0 Å². The SMILES string of the molecule is C[C@H]1CNc2cccc(N3CCNCC3)c2C1. The lowest BCUT2D eigenvalue weighted by molar-refractivity contribution is 0.572. The van der Waals surface area contributed by atoms with Crippen LogP contribution in [0.15, 0.2) is 18.2 Å². The number of hydrogen-bond donors (Lipinski definition) is 2. The summed E-state index contributed by atoms with van der Waals surface area (Å²) in [4.78, 5) is 2.52. The minimum absolute atomic E-state index is 0.742. The lowest BCUT2D eigenvalue weighted by Crippen LogP contribution is -2.44. The molecule has 0 spiro atoms. The molecule has 1 atom stereocenters. The summed E-state index contributed by atoms with van der Waals surface area (Å²) in [6.07, 6.45) is 1.21. The second kappa shape index (κ2) is 4.57. The van der Waals surface area contributed by atoms with E-state index in [4.69, 9.17) is 0 Å². The van der Waals surface area contributed by atoms with Crippen LogP contribution in [0.1, 0.15) is 12.5 Å². The third-order valence-electron chi connectivity index (χ3n) is 3.80. The Kier molecular flexibility index (Phi) is 2.93. The largest absolute Gasteiger partial charge is 0.384 e. The van der Waals surface area contributed by atoms with Gasteiger partial charge in [-0.1, -0.05) is 13.0 Å². The number of nitrogens with one attached hydrogen (secondary N) is 2. The minimum atomic E-state index is 0.742. The normalized spacial score (nSPS) is 24.1. The topological polar surface area (TPSA) is 27.3 Å². The number of anilines is 2. The van der Waals surface area contributed by atoms with Crippen LogP contribution in [0.4, 0.5) is 11.4 Å². The quantitative estimate of drug-likeness (QED) is 0.770. The van der Waals surface area contributed by atoms with E-state index in [9.17, 15) is 0 Å². The number of fused-ring (bicyclic) bond motifs is 1. The van der Waals surface area contributed by atoms with Gasteiger partial charge in [0.2, 0.25) is 0 Å². The number of benzene rings is 1. The maximum Gasteiger partial charge on any atom is 0.0420 e. The second-order valence-corrected chi connectivity index (χ2v) is 5.23. The van der Waals surface area contributed by atoms with Crippen molar-refractivity contribution >= 4 is 11.4 Å². The molecule has 2 N–H and O–H groups in total. The molecule has 0 radical (unpaired) electrons. The minimum Gasteiger partial charge on any atom is -0.384 e. The average molecular weight is 231 g/mol. The van der Waals surface area contributed by atoms with E-state index in [0.29, 0.717) is 0 Å². The highest BCUT2D eigenvalue weighted by molar-refractivity contribution is 5.68. The van der Waals surface area contributed by atoms with Crippen molar-refractivity contribution in [3.8, 4) is 0 Å². The Morgan fingerprint density at radius 2 is 2.06 bits per heavy atom. The van der Waals surface area contributed by atoms with E-state index in [0.717, 1.165) is 38.6 Å². The summed E-state index contributed by atoms with van der Waals surface area (Å²) in [5, 5.41) is 6.97. The standard InChI is InChI=1S/C14H21N3/c1-11-9-12-13(16-10-11)3-2-4-14(12)17-7-5-15-6-8-17/h2-4,11,15-16H,5-10H2,1H3/t11-/m1/s1. The number of rotatable bonds is 1. The van der Waals surface area contributed by atoms with E-state index in [2.05, 4.69) is 40.7 Å². The molecular formula is C14H21N3. The fourth-order valence-corrected chi connectivity index (χ4v) is 2.86. The summed E-state index contributed by atoms with van der Waals surface area (Å²) in [6, 6.07) is 6.68. The predicted octanol–water partition coefficient (Wildman–Crippen LogP) is 1.70. The van der Waals surface area contributed by atoms with Crippen molar-refractivity contribution in [2.75, 3.05) is 42.9 Å². The summed E-state index contributed by atoms with van der Waals surface area (Å²) >= 11 is 0. The van der Waals surface area contributed by atoms with E-state index in [1.165, 1.54) is 23.4 Å². The van der Waals surface area contributed by atoms with Gasteiger partial charge >= 0.3 is 0 Å². The Balaban J connectivity index is 1.93. The Morgan fingerprint density at radius 1 is 1.24 bits per heavy atom. The number of hydrogen-bond acceptors (Lipinski definition) is 3. The third kappa shape index (κ3) is 2.12.